The van der Waals surface area contributed by atoms with E-state index in [0.29, 0.717) is 0 Å². The third-order valence-electron chi connectivity index (χ3n) is 2.82. The Balaban J connectivity index is 1.76. The predicted molar refractivity (Wildman–Crippen MR) is 73.5 cm³/mol. The molecule has 0 amide bonds. The maximum Gasteiger partial charge on any atom is 0.149 e. The fourth-order valence-electron chi connectivity index (χ4n) is 1.92. The summed E-state index contributed by atoms with van der Waals surface area (Å²) in [6.07, 6.45) is 8.59. The minimum Gasteiger partial charge on any atom is -0.330 e. The normalized spacial score (nSPS) is 10.7. The molecule has 0 radical (unpaired) electrons. The molecule has 3 rings (SSSR count). The molecule has 0 aliphatic carbocycles. The summed E-state index contributed by atoms with van der Waals surface area (Å²) in [5.41, 5.74) is 1.25. The standard InChI is InChI=1S/C14H13N3S/c1-3-12(11-15-6-1)5-8-17-9-7-16-14(17)13-4-2-10-18-13/h1-4,6-7,9-11H,5,8H2. The maximum atomic E-state index is 4.43. The Bertz CT molecular complexity index is 599. The van der Waals surface area contributed by atoms with Gasteiger partial charge < -0.3 is 4.57 Å². The Kier molecular flexibility index (Phi) is 3.19. The molecule has 0 bridgehead atoms. The number of thiophene rings is 1. The average Bonchev–Trinajstić information content (AvgIpc) is 3.08. The number of aryl methyl sites for hydroxylation is 2. The van der Waals surface area contributed by atoms with Gasteiger partial charge in [0.2, 0.25) is 0 Å². The van der Waals surface area contributed by atoms with Crippen molar-refractivity contribution in [2.45, 2.75) is 13.0 Å². The lowest BCUT2D eigenvalue weighted by Gasteiger charge is -2.06. The van der Waals surface area contributed by atoms with Gasteiger partial charge in [-0.3, -0.25) is 4.98 Å². The summed E-state index contributed by atoms with van der Waals surface area (Å²) in [6, 6.07) is 8.24. The van der Waals surface area contributed by atoms with Gasteiger partial charge in [0.05, 0.1) is 4.88 Å². The number of imidazole rings is 1. The first-order valence-corrected chi connectivity index (χ1v) is 6.75. The molecule has 0 saturated carbocycles. The summed E-state index contributed by atoms with van der Waals surface area (Å²) in [6.45, 7) is 0.929. The van der Waals surface area contributed by atoms with Crippen LogP contribution in [0.5, 0.6) is 0 Å². The molecule has 0 N–H and O–H groups in total. The van der Waals surface area contributed by atoms with Crippen molar-refractivity contribution in [3.8, 4) is 10.7 Å². The lowest BCUT2D eigenvalue weighted by molar-refractivity contribution is 0.702. The van der Waals surface area contributed by atoms with E-state index in [4.69, 9.17) is 0 Å². The Morgan fingerprint density at radius 2 is 2.17 bits per heavy atom. The van der Waals surface area contributed by atoms with E-state index >= 15 is 0 Å². The Morgan fingerprint density at radius 3 is 2.94 bits per heavy atom. The third-order valence-corrected chi connectivity index (χ3v) is 3.69. The van der Waals surface area contributed by atoms with Crippen LogP contribution < -0.4 is 0 Å². The van der Waals surface area contributed by atoms with Gasteiger partial charge in [-0.25, -0.2) is 4.98 Å². The van der Waals surface area contributed by atoms with Crippen LogP contribution in [0.1, 0.15) is 5.56 Å². The Hall–Kier alpha value is -1.94. The smallest absolute Gasteiger partial charge is 0.149 e. The summed E-state index contributed by atoms with van der Waals surface area (Å²) in [4.78, 5) is 9.78. The molecule has 0 aliphatic rings. The summed E-state index contributed by atoms with van der Waals surface area (Å²) in [7, 11) is 0. The molecule has 0 spiro atoms. The molecule has 3 heterocycles. The zero-order valence-corrected chi connectivity index (χ0v) is 10.7. The van der Waals surface area contributed by atoms with E-state index < -0.39 is 0 Å². The zero-order valence-electron chi connectivity index (χ0n) is 9.86. The number of rotatable bonds is 4. The van der Waals surface area contributed by atoms with E-state index in [1.165, 1.54) is 10.4 Å². The molecule has 0 saturated heterocycles. The minimum absolute atomic E-state index is 0.929. The van der Waals surface area contributed by atoms with Crippen LogP contribution in [0.2, 0.25) is 0 Å². The summed E-state index contributed by atoms with van der Waals surface area (Å²) < 4.78 is 2.19. The van der Waals surface area contributed by atoms with E-state index in [1.807, 2.05) is 24.7 Å². The highest BCUT2D eigenvalue weighted by Gasteiger charge is 2.06. The number of nitrogens with zero attached hydrogens (tertiary/aromatic N) is 3. The summed E-state index contributed by atoms with van der Waals surface area (Å²) in [5.74, 6) is 1.05. The number of pyridine rings is 1. The monoisotopic (exact) mass is 255 g/mol. The van der Waals surface area contributed by atoms with Gasteiger partial charge in [-0.05, 0) is 29.5 Å². The first kappa shape index (κ1) is 11.2. The van der Waals surface area contributed by atoms with Gasteiger partial charge in [0.1, 0.15) is 5.82 Å². The quantitative estimate of drug-likeness (QED) is 0.716. The second kappa shape index (κ2) is 5.14. The van der Waals surface area contributed by atoms with Gasteiger partial charge in [0.25, 0.3) is 0 Å². The molecule has 4 heteroatoms. The van der Waals surface area contributed by atoms with Crippen molar-refractivity contribution in [2.24, 2.45) is 0 Å². The van der Waals surface area contributed by atoms with Gasteiger partial charge in [0, 0.05) is 31.3 Å². The first-order chi connectivity index (χ1) is 8.93. The van der Waals surface area contributed by atoms with Crippen LogP contribution in [0.15, 0.2) is 54.4 Å². The van der Waals surface area contributed by atoms with Crippen LogP contribution in [-0.4, -0.2) is 14.5 Å². The second-order valence-corrected chi connectivity index (χ2v) is 4.98. The largest absolute Gasteiger partial charge is 0.330 e. The Labute approximate surface area is 110 Å². The van der Waals surface area contributed by atoms with Gasteiger partial charge in [-0.15, -0.1) is 11.3 Å². The van der Waals surface area contributed by atoms with Crippen LogP contribution in [0.3, 0.4) is 0 Å². The van der Waals surface area contributed by atoms with E-state index in [0.717, 1.165) is 18.8 Å². The van der Waals surface area contributed by atoms with E-state index in [2.05, 4.69) is 38.1 Å². The molecular formula is C14H13N3S. The number of aromatic nitrogens is 3. The van der Waals surface area contributed by atoms with E-state index in [1.54, 1.807) is 17.5 Å². The molecule has 18 heavy (non-hydrogen) atoms. The molecule has 3 aromatic heterocycles. The van der Waals surface area contributed by atoms with Crippen molar-refractivity contribution >= 4 is 11.3 Å². The maximum absolute atomic E-state index is 4.43. The van der Waals surface area contributed by atoms with Crippen molar-refractivity contribution in [2.75, 3.05) is 0 Å². The summed E-state index contributed by atoms with van der Waals surface area (Å²) in [5, 5.41) is 2.08. The highest BCUT2D eigenvalue weighted by molar-refractivity contribution is 7.13. The van der Waals surface area contributed by atoms with Crippen LogP contribution in [0.25, 0.3) is 10.7 Å². The molecule has 0 unspecified atom stereocenters. The van der Waals surface area contributed by atoms with Crippen LogP contribution in [0, 0.1) is 0 Å². The predicted octanol–water partition coefficient (Wildman–Crippen LogP) is 3.25. The molecule has 0 fully saturated rings. The van der Waals surface area contributed by atoms with Crippen LogP contribution in [0.4, 0.5) is 0 Å². The van der Waals surface area contributed by atoms with Crippen molar-refractivity contribution in [1.82, 2.24) is 14.5 Å². The highest BCUT2D eigenvalue weighted by atomic mass is 32.1. The number of hydrogen-bond acceptors (Lipinski definition) is 3. The topological polar surface area (TPSA) is 30.7 Å². The van der Waals surface area contributed by atoms with Crippen molar-refractivity contribution in [1.29, 1.82) is 0 Å². The highest BCUT2D eigenvalue weighted by Crippen LogP contribution is 2.22. The van der Waals surface area contributed by atoms with Crippen molar-refractivity contribution in [3.05, 3.63) is 60.0 Å². The van der Waals surface area contributed by atoms with Gasteiger partial charge in [-0.2, -0.15) is 0 Å². The molecule has 3 nitrogen and oxygen atoms in total. The fourth-order valence-corrected chi connectivity index (χ4v) is 2.65. The van der Waals surface area contributed by atoms with Crippen molar-refractivity contribution < 1.29 is 0 Å². The Morgan fingerprint density at radius 1 is 1.17 bits per heavy atom. The van der Waals surface area contributed by atoms with Crippen LogP contribution >= 0.6 is 11.3 Å². The molecular weight excluding hydrogens is 242 g/mol. The summed E-state index contributed by atoms with van der Waals surface area (Å²) >= 11 is 1.72. The third kappa shape index (κ3) is 2.33. The van der Waals surface area contributed by atoms with Crippen molar-refractivity contribution in [3.63, 3.8) is 0 Å². The van der Waals surface area contributed by atoms with Gasteiger partial charge >= 0.3 is 0 Å². The molecule has 3 aromatic rings. The fraction of sp³-hybridized carbons (Fsp3) is 0.143. The molecule has 0 aliphatic heterocycles. The lowest BCUT2D eigenvalue weighted by Crippen LogP contribution is -2.02. The van der Waals surface area contributed by atoms with Gasteiger partial charge in [0.15, 0.2) is 0 Å². The zero-order chi connectivity index (χ0) is 12.2. The van der Waals surface area contributed by atoms with E-state index in [-0.39, 0.29) is 0 Å². The molecule has 0 atom stereocenters. The lowest BCUT2D eigenvalue weighted by atomic mass is 10.2. The average molecular weight is 255 g/mol. The number of hydrogen-bond donors (Lipinski definition) is 0. The first-order valence-electron chi connectivity index (χ1n) is 5.87. The van der Waals surface area contributed by atoms with E-state index in [9.17, 15) is 0 Å². The second-order valence-electron chi connectivity index (χ2n) is 4.03. The molecule has 90 valence electrons. The SMILES string of the molecule is c1cncc(CCn2ccnc2-c2cccs2)c1. The van der Waals surface area contributed by atoms with Gasteiger partial charge in [-0.1, -0.05) is 12.1 Å². The van der Waals surface area contributed by atoms with Crippen LogP contribution in [-0.2, 0) is 13.0 Å². The molecule has 0 aromatic carbocycles. The minimum atomic E-state index is 0.929.